The zero-order chi connectivity index (χ0) is 9.86. The van der Waals surface area contributed by atoms with Gasteiger partial charge in [-0.05, 0) is 30.4 Å². The van der Waals surface area contributed by atoms with Crippen LogP contribution in [0.5, 0.6) is 0 Å². The minimum Gasteiger partial charge on any atom is -0.458 e. The zero-order valence-electron chi connectivity index (χ0n) is 7.75. The van der Waals surface area contributed by atoms with Crippen molar-refractivity contribution >= 4 is 0 Å². The molecule has 70 valence electrons. The Labute approximate surface area is 83.6 Å². The molecule has 0 aromatic carbocycles. The average Bonchev–Trinajstić information content (AvgIpc) is 2.79. The van der Waals surface area contributed by atoms with Crippen molar-refractivity contribution in [1.29, 1.82) is 0 Å². The van der Waals surface area contributed by atoms with Gasteiger partial charge in [-0.15, -0.1) is 6.42 Å². The van der Waals surface area contributed by atoms with E-state index < -0.39 is 5.79 Å². The van der Waals surface area contributed by atoms with Gasteiger partial charge in [0.15, 0.2) is 0 Å². The summed E-state index contributed by atoms with van der Waals surface area (Å²) in [5.74, 6) is 7.65. The number of hydrogen-bond acceptors (Lipinski definition) is 2. The monoisotopic (exact) mass is 186 g/mol. The van der Waals surface area contributed by atoms with Crippen molar-refractivity contribution in [3.8, 4) is 24.2 Å². The van der Waals surface area contributed by atoms with Gasteiger partial charge in [-0.3, -0.25) is 0 Å². The molecule has 2 heterocycles. The van der Waals surface area contributed by atoms with E-state index in [1.165, 1.54) is 0 Å². The molecule has 0 aromatic heterocycles. The molecule has 0 N–H and O–H groups in total. The van der Waals surface area contributed by atoms with Gasteiger partial charge in [0.1, 0.15) is 5.76 Å². The molecule has 1 saturated heterocycles. The Morgan fingerprint density at radius 3 is 3.21 bits per heavy atom. The largest absolute Gasteiger partial charge is 0.458 e. The second-order valence-electron chi connectivity index (χ2n) is 3.16. The molecular weight excluding hydrogens is 176 g/mol. The lowest BCUT2D eigenvalue weighted by Gasteiger charge is -2.20. The van der Waals surface area contributed by atoms with E-state index >= 15 is 0 Å². The van der Waals surface area contributed by atoms with E-state index in [-0.39, 0.29) is 0 Å². The summed E-state index contributed by atoms with van der Waals surface area (Å²) in [6, 6.07) is 0. The highest BCUT2D eigenvalue weighted by atomic mass is 16.7. The first kappa shape index (κ1) is 8.94. The third-order valence-corrected chi connectivity index (χ3v) is 2.17. The highest BCUT2D eigenvalue weighted by Gasteiger charge is 2.38. The van der Waals surface area contributed by atoms with Crippen LogP contribution in [0.3, 0.4) is 0 Å². The lowest BCUT2D eigenvalue weighted by atomic mass is 10.2. The van der Waals surface area contributed by atoms with Crippen LogP contribution in [0.4, 0.5) is 0 Å². The summed E-state index contributed by atoms with van der Waals surface area (Å²) in [5, 5.41) is 0. The van der Waals surface area contributed by atoms with Crippen molar-refractivity contribution in [1.82, 2.24) is 0 Å². The molecule has 0 aliphatic carbocycles. The number of allylic oxidation sites excluding steroid dienone is 2. The Kier molecular flexibility index (Phi) is 2.31. The van der Waals surface area contributed by atoms with Crippen LogP contribution in [-0.4, -0.2) is 12.4 Å². The fourth-order valence-corrected chi connectivity index (χ4v) is 1.55. The molecular formula is C12H10O2. The Hall–Kier alpha value is -1.64. The Morgan fingerprint density at radius 1 is 1.57 bits per heavy atom. The van der Waals surface area contributed by atoms with Crippen molar-refractivity contribution in [2.24, 2.45) is 0 Å². The molecule has 1 fully saturated rings. The molecule has 1 atom stereocenters. The zero-order valence-corrected chi connectivity index (χ0v) is 7.75. The second-order valence-corrected chi connectivity index (χ2v) is 3.16. The summed E-state index contributed by atoms with van der Waals surface area (Å²) in [6.45, 7) is 0.758. The highest BCUT2D eigenvalue weighted by Crippen LogP contribution is 2.35. The van der Waals surface area contributed by atoms with Gasteiger partial charge in [0.25, 0.3) is 0 Å². The molecule has 2 aliphatic heterocycles. The van der Waals surface area contributed by atoms with Crippen LogP contribution in [0.2, 0.25) is 0 Å². The van der Waals surface area contributed by atoms with Gasteiger partial charge in [-0.25, -0.2) is 0 Å². The van der Waals surface area contributed by atoms with Crippen molar-refractivity contribution in [2.75, 3.05) is 6.61 Å². The Bertz CT molecular complexity index is 379. The van der Waals surface area contributed by atoms with Gasteiger partial charge < -0.3 is 9.47 Å². The molecule has 14 heavy (non-hydrogen) atoms. The van der Waals surface area contributed by atoms with Crippen LogP contribution in [0.25, 0.3) is 0 Å². The standard InChI is InChI=1S/C12H10O2/c1-2-3-4-6-11-7-9-12(14-11)8-5-10-13-12/h1,6-7,9H,5,8,10H2/t12-/m1/s1. The first-order valence-electron chi connectivity index (χ1n) is 4.53. The maximum atomic E-state index is 5.61. The van der Waals surface area contributed by atoms with Crippen LogP contribution in [0.15, 0.2) is 24.0 Å². The van der Waals surface area contributed by atoms with E-state index in [4.69, 9.17) is 15.9 Å². The first-order valence-corrected chi connectivity index (χ1v) is 4.53. The molecule has 0 radical (unpaired) electrons. The molecule has 2 nitrogen and oxygen atoms in total. The fraction of sp³-hybridized carbons (Fsp3) is 0.333. The summed E-state index contributed by atoms with van der Waals surface area (Å²) in [5.41, 5.74) is 0. The van der Waals surface area contributed by atoms with E-state index in [2.05, 4.69) is 17.8 Å². The van der Waals surface area contributed by atoms with Gasteiger partial charge in [0, 0.05) is 12.5 Å². The van der Waals surface area contributed by atoms with Crippen molar-refractivity contribution in [2.45, 2.75) is 18.6 Å². The van der Waals surface area contributed by atoms with E-state index in [1.807, 2.05) is 12.2 Å². The van der Waals surface area contributed by atoms with Crippen LogP contribution in [0, 0.1) is 24.2 Å². The van der Waals surface area contributed by atoms with Gasteiger partial charge in [-0.1, -0.05) is 5.92 Å². The molecule has 2 aliphatic rings. The predicted octanol–water partition coefficient (Wildman–Crippen LogP) is 1.60. The van der Waals surface area contributed by atoms with Gasteiger partial charge >= 0.3 is 0 Å². The molecule has 1 spiro atoms. The maximum Gasteiger partial charge on any atom is 0.230 e. The molecule has 0 aromatic rings. The van der Waals surface area contributed by atoms with Gasteiger partial charge in [-0.2, -0.15) is 0 Å². The summed E-state index contributed by atoms with van der Waals surface area (Å²) in [6.07, 6.45) is 12.4. The van der Waals surface area contributed by atoms with Crippen LogP contribution < -0.4 is 0 Å². The van der Waals surface area contributed by atoms with E-state index in [1.54, 1.807) is 6.08 Å². The topological polar surface area (TPSA) is 18.5 Å². The quantitative estimate of drug-likeness (QED) is 0.535. The minimum atomic E-state index is -0.510. The summed E-state index contributed by atoms with van der Waals surface area (Å²) in [7, 11) is 0. The molecule has 2 rings (SSSR count). The Morgan fingerprint density at radius 2 is 2.50 bits per heavy atom. The van der Waals surface area contributed by atoms with Crippen molar-refractivity contribution in [3.63, 3.8) is 0 Å². The molecule has 2 heteroatoms. The normalized spacial score (nSPS) is 31.2. The van der Waals surface area contributed by atoms with Crippen molar-refractivity contribution < 1.29 is 9.47 Å². The summed E-state index contributed by atoms with van der Waals surface area (Å²) >= 11 is 0. The summed E-state index contributed by atoms with van der Waals surface area (Å²) < 4.78 is 11.1. The lowest BCUT2D eigenvalue weighted by molar-refractivity contribution is -0.135. The number of ether oxygens (including phenoxy) is 2. The van der Waals surface area contributed by atoms with Gasteiger partial charge in [0.2, 0.25) is 5.79 Å². The average molecular weight is 186 g/mol. The molecule has 0 bridgehead atoms. The Balaban J connectivity index is 2.06. The number of hydrogen-bond donors (Lipinski definition) is 0. The number of rotatable bonds is 0. The van der Waals surface area contributed by atoms with Crippen LogP contribution in [-0.2, 0) is 9.47 Å². The highest BCUT2D eigenvalue weighted by molar-refractivity contribution is 5.34. The van der Waals surface area contributed by atoms with Gasteiger partial charge in [0.05, 0.1) is 6.61 Å². The predicted molar refractivity (Wildman–Crippen MR) is 52.8 cm³/mol. The molecule has 0 amide bonds. The smallest absolute Gasteiger partial charge is 0.230 e. The third kappa shape index (κ3) is 1.66. The van der Waals surface area contributed by atoms with Crippen LogP contribution >= 0.6 is 0 Å². The molecule has 0 unspecified atom stereocenters. The minimum absolute atomic E-state index is 0.510. The van der Waals surface area contributed by atoms with E-state index in [0.29, 0.717) is 0 Å². The lowest BCUT2D eigenvalue weighted by Crippen LogP contribution is -2.24. The van der Waals surface area contributed by atoms with Crippen molar-refractivity contribution in [3.05, 3.63) is 24.0 Å². The summed E-state index contributed by atoms with van der Waals surface area (Å²) in [4.78, 5) is 0. The second kappa shape index (κ2) is 3.62. The van der Waals surface area contributed by atoms with E-state index in [9.17, 15) is 0 Å². The fourth-order valence-electron chi connectivity index (χ4n) is 1.55. The maximum absolute atomic E-state index is 5.61. The van der Waals surface area contributed by atoms with Crippen LogP contribution in [0.1, 0.15) is 12.8 Å². The van der Waals surface area contributed by atoms with E-state index in [0.717, 1.165) is 25.2 Å². The third-order valence-electron chi connectivity index (χ3n) is 2.17. The molecule has 0 saturated carbocycles. The first-order chi connectivity index (χ1) is 6.85. The number of terminal acetylenes is 1. The SMILES string of the molecule is C#CC#CC=C1C=C[C@@]2(CCCO2)O1.